The van der Waals surface area contributed by atoms with Gasteiger partial charge in [0.2, 0.25) is 0 Å². The first-order valence-corrected chi connectivity index (χ1v) is 7.67. The molecule has 2 aromatic rings. The van der Waals surface area contributed by atoms with Crippen LogP contribution < -0.4 is 10.1 Å². The number of halogens is 3. The quantitative estimate of drug-likeness (QED) is 0.890. The molecule has 124 valence electrons. The molecule has 0 saturated heterocycles. The fraction of sp³-hybridized carbons (Fsp3) is 0.333. The van der Waals surface area contributed by atoms with Gasteiger partial charge in [0.05, 0.1) is 16.3 Å². The number of nitrogens with one attached hydrogen (secondary N) is 1. The highest BCUT2D eigenvalue weighted by Gasteiger charge is 2.30. The Kier molecular flexibility index (Phi) is 5.25. The first-order chi connectivity index (χ1) is 10.8. The third-order valence-corrected chi connectivity index (χ3v) is 4.17. The lowest BCUT2D eigenvalue weighted by atomic mass is 10.2. The number of carbonyl (C=O) groups is 1. The third kappa shape index (κ3) is 4.69. The molecule has 0 aliphatic heterocycles. The molecule has 0 radical (unpaired) electrons. The van der Waals surface area contributed by atoms with E-state index in [1.54, 1.807) is 6.92 Å². The van der Waals surface area contributed by atoms with Gasteiger partial charge in [-0.1, -0.05) is 6.92 Å². The van der Waals surface area contributed by atoms with Crippen molar-refractivity contribution in [2.24, 2.45) is 0 Å². The highest BCUT2D eigenvalue weighted by Crippen LogP contribution is 2.30. The topological polar surface area (TPSA) is 51.2 Å². The number of amides is 1. The largest absolute Gasteiger partial charge is 0.484 e. The van der Waals surface area contributed by atoms with Crippen LogP contribution in [0.15, 0.2) is 24.3 Å². The van der Waals surface area contributed by atoms with E-state index in [0.29, 0.717) is 5.00 Å². The monoisotopic (exact) mass is 344 g/mol. The van der Waals surface area contributed by atoms with Crippen molar-refractivity contribution in [1.29, 1.82) is 0 Å². The molecule has 1 amide bonds. The Bertz CT molecular complexity index is 681. The summed E-state index contributed by atoms with van der Waals surface area (Å²) in [6.07, 6.45) is -3.61. The molecule has 2 rings (SSSR count). The van der Waals surface area contributed by atoms with Gasteiger partial charge in [0.1, 0.15) is 10.8 Å². The molecule has 0 saturated carbocycles. The molecule has 1 heterocycles. The van der Waals surface area contributed by atoms with Crippen molar-refractivity contribution in [2.45, 2.75) is 26.4 Å². The van der Waals surface area contributed by atoms with Gasteiger partial charge >= 0.3 is 6.18 Å². The maximum absolute atomic E-state index is 12.4. The average molecular weight is 344 g/mol. The minimum Gasteiger partial charge on any atom is -0.484 e. The molecule has 23 heavy (non-hydrogen) atoms. The molecule has 0 bridgehead atoms. The molecule has 0 fully saturated rings. The molecule has 1 N–H and O–H groups in total. The van der Waals surface area contributed by atoms with Crippen molar-refractivity contribution in [3.8, 4) is 5.75 Å². The first kappa shape index (κ1) is 17.3. The van der Waals surface area contributed by atoms with Gasteiger partial charge < -0.3 is 10.1 Å². The normalized spacial score (nSPS) is 11.3. The maximum atomic E-state index is 12.4. The number of aryl methyl sites for hydroxylation is 2. The number of nitrogens with zero attached hydrogens (tertiary/aromatic N) is 1. The summed E-state index contributed by atoms with van der Waals surface area (Å²) in [6, 6.07) is 4.19. The molecule has 1 aromatic carbocycles. The molecule has 1 aromatic heterocycles. The fourth-order valence-corrected chi connectivity index (χ4v) is 2.69. The number of benzene rings is 1. The number of hydrogen-bond acceptors (Lipinski definition) is 4. The Balaban J connectivity index is 1.90. The van der Waals surface area contributed by atoms with E-state index in [1.165, 1.54) is 23.5 Å². The van der Waals surface area contributed by atoms with Crippen LogP contribution in [0.5, 0.6) is 5.75 Å². The third-order valence-electron chi connectivity index (χ3n) is 2.95. The zero-order chi connectivity index (χ0) is 17.0. The van der Waals surface area contributed by atoms with Gasteiger partial charge in [0.25, 0.3) is 5.91 Å². The predicted molar refractivity (Wildman–Crippen MR) is 81.8 cm³/mol. The molecule has 0 aliphatic rings. The van der Waals surface area contributed by atoms with Crippen LogP contribution in [-0.2, 0) is 17.4 Å². The number of hydrogen-bond donors (Lipinski definition) is 1. The van der Waals surface area contributed by atoms with Crippen molar-refractivity contribution in [3.05, 3.63) is 40.5 Å². The van der Waals surface area contributed by atoms with Gasteiger partial charge in [0.15, 0.2) is 6.61 Å². The summed E-state index contributed by atoms with van der Waals surface area (Å²) in [7, 11) is 0. The summed E-state index contributed by atoms with van der Waals surface area (Å²) in [5, 5.41) is 4.26. The Hall–Kier alpha value is -2.09. The smallest absolute Gasteiger partial charge is 0.416 e. The first-order valence-electron chi connectivity index (χ1n) is 6.85. The molecule has 0 aliphatic carbocycles. The Morgan fingerprint density at radius 3 is 2.48 bits per heavy atom. The van der Waals surface area contributed by atoms with E-state index in [0.717, 1.165) is 29.3 Å². The number of ether oxygens (including phenoxy) is 1. The van der Waals surface area contributed by atoms with Crippen molar-refractivity contribution >= 4 is 22.2 Å². The zero-order valence-electron chi connectivity index (χ0n) is 12.5. The molecular weight excluding hydrogens is 329 g/mol. The predicted octanol–water partition coefficient (Wildman–Crippen LogP) is 4.05. The second kappa shape index (κ2) is 6.99. The van der Waals surface area contributed by atoms with E-state index >= 15 is 0 Å². The van der Waals surface area contributed by atoms with Crippen LogP contribution in [-0.4, -0.2) is 17.5 Å². The van der Waals surface area contributed by atoms with Crippen molar-refractivity contribution in [2.75, 3.05) is 11.9 Å². The van der Waals surface area contributed by atoms with E-state index in [-0.39, 0.29) is 18.3 Å². The number of aromatic nitrogens is 1. The molecule has 0 spiro atoms. The van der Waals surface area contributed by atoms with Crippen LogP contribution in [0.3, 0.4) is 0 Å². The van der Waals surface area contributed by atoms with E-state index in [2.05, 4.69) is 10.3 Å². The van der Waals surface area contributed by atoms with Crippen molar-refractivity contribution in [1.82, 2.24) is 4.98 Å². The lowest BCUT2D eigenvalue weighted by Crippen LogP contribution is -2.20. The number of anilines is 1. The highest BCUT2D eigenvalue weighted by molar-refractivity contribution is 7.16. The fourth-order valence-electron chi connectivity index (χ4n) is 1.77. The van der Waals surface area contributed by atoms with Gasteiger partial charge in [-0.25, -0.2) is 4.98 Å². The summed E-state index contributed by atoms with van der Waals surface area (Å²) in [5.74, 6) is -0.192. The molecule has 0 atom stereocenters. The van der Waals surface area contributed by atoms with Crippen molar-refractivity contribution < 1.29 is 22.7 Å². The van der Waals surface area contributed by atoms with E-state index in [1.807, 2.05) is 6.92 Å². The maximum Gasteiger partial charge on any atom is 0.416 e. The van der Waals surface area contributed by atoms with Crippen molar-refractivity contribution in [3.63, 3.8) is 0 Å². The van der Waals surface area contributed by atoms with Gasteiger partial charge in [-0.05, 0) is 37.6 Å². The SMILES string of the molecule is CCc1nc(C)c(NC(=O)COc2ccc(C(F)(F)F)cc2)s1. The number of alkyl halides is 3. The summed E-state index contributed by atoms with van der Waals surface area (Å²) in [4.78, 5) is 16.1. The number of rotatable bonds is 5. The van der Waals surface area contributed by atoms with Gasteiger partial charge in [-0.3, -0.25) is 4.79 Å². The van der Waals surface area contributed by atoms with E-state index < -0.39 is 11.7 Å². The van der Waals surface area contributed by atoms with Crippen LogP contribution in [0.4, 0.5) is 18.2 Å². The van der Waals surface area contributed by atoms with Crippen LogP contribution in [0.25, 0.3) is 0 Å². The second-order valence-corrected chi connectivity index (χ2v) is 5.82. The summed E-state index contributed by atoms with van der Waals surface area (Å²) < 4.78 is 42.5. The Morgan fingerprint density at radius 1 is 1.30 bits per heavy atom. The average Bonchev–Trinajstić information content (AvgIpc) is 2.85. The number of carbonyl (C=O) groups excluding carboxylic acids is 1. The van der Waals surface area contributed by atoms with Crippen LogP contribution in [0, 0.1) is 6.92 Å². The standard InChI is InChI=1S/C15H15F3N2O2S/c1-3-13-19-9(2)14(23-13)20-12(21)8-22-11-6-4-10(5-7-11)15(16,17)18/h4-7H,3,8H2,1-2H3,(H,20,21). The van der Waals surface area contributed by atoms with Crippen LogP contribution in [0.2, 0.25) is 0 Å². The molecule has 0 unspecified atom stereocenters. The van der Waals surface area contributed by atoms with Crippen LogP contribution >= 0.6 is 11.3 Å². The summed E-state index contributed by atoms with van der Waals surface area (Å²) in [6.45, 7) is 3.48. The lowest BCUT2D eigenvalue weighted by Gasteiger charge is -2.09. The minimum absolute atomic E-state index is 0.198. The number of thiazole rings is 1. The molecule has 4 nitrogen and oxygen atoms in total. The minimum atomic E-state index is -4.39. The lowest BCUT2D eigenvalue weighted by molar-refractivity contribution is -0.137. The highest BCUT2D eigenvalue weighted by atomic mass is 32.1. The van der Waals surface area contributed by atoms with Gasteiger partial charge in [-0.15, -0.1) is 11.3 Å². The molecular formula is C15H15F3N2O2S. The van der Waals surface area contributed by atoms with Gasteiger partial charge in [0, 0.05) is 0 Å². The van der Waals surface area contributed by atoms with Gasteiger partial charge in [-0.2, -0.15) is 13.2 Å². The Labute approximate surface area is 135 Å². The van der Waals surface area contributed by atoms with E-state index in [9.17, 15) is 18.0 Å². The summed E-state index contributed by atoms with van der Waals surface area (Å²) in [5.41, 5.74) is -0.0311. The second-order valence-electron chi connectivity index (χ2n) is 4.73. The summed E-state index contributed by atoms with van der Waals surface area (Å²) >= 11 is 1.39. The Morgan fingerprint density at radius 2 is 1.96 bits per heavy atom. The van der Waals surface area contributed by atoms with E-state index in [4.69, 9.17) is 4.74 Å². The van der Waals surface area contributed by atoms with Crippen LogP contribution in [0.1, 0.15) is 23.2 Å². The zero-order valence-corrected chi connectivity index (χ0v) is 13.3. The molecule has 8 heteroatoms.